The number of benzene rings is 1. The molecule has 0 radical (unpaired) electrons. The second-order valence-corrected chi connectivity index (χ2v) is 5.43. The molecular formula is C13H15Cl2NO. The number of piperidine rings is 1. The summed E-state index contributed by atoms with van der Waals surface area (Å²) in [4.78, 5) is 13.6. The van der Waals surface area contributed by atoms with Crippen molar-refractivity contribution in [3.63, 3.8) is 0 Å². The van der Waals surface area contributed by atoms with Crippen LogP contribution in [0, 0.1) is 12.8 Å². The Morgan fingerprint density at radius 1 is 1.29 bits per heavy atom. The maximum absolute atomic E-state index is 11.5. The molecule has 0 N–H and O–H groups in total. The molecule has 1 heterocycles. The number of hydrogen-bond donors (Lipinski definition) is 0. The van der Waals surface area contributed by atoms with Gasteiger partial charge in [-0.3, -0.25) is 4.79 Å². The highest BCUT2D eigenvalue weighted by molar-refractivity contribution is 6.35. The Hall–Kier alpha value is -0.730. The van der Waals surface area contributed by atoms with Gasteiger partial charge in [-0.25, -0.2) is 0 Å². The molecule has 17 heavy (non-hydrogen) atoms. The summed E-state index contributed by atoms with van der Waals surface area (Å²) in [7, 11) is 0. The van der Waals surface area contributed by atoms with Crippen LogP contribution in [-0.4, -0.2) is 18.9 Å². The largest absolute Gasteiger partial charge is 0.369 e. The van der Waals surface area contributed by atoms with Crippen molar-refractivity contribution in [1.82, 2.24) is 0 Å². The van der Waals surface area contributed by atoms with Gasteiger partial charge in [-0.05, 0) is 24.6 Å². The SMILES string of the molecule is Cc1cc(Cl)c(N2CCC(=O)C(C)C2)cc1Cl. The van der Waals surface area contributed by atoms with E-state index in [-0.39, 0.29) is 5.92 Å². The van der Waals surface area contributed by atoms with E-state index < -0.39 is 0 Å². The molecule has 1 aliphatic heterocycles. The van der Waals surface area contributed by atoms with Gasteiger partial charge in [0.25, 0.3) is 0 Å². The lowest BCUT2D eigenvalue weighted by atomic mass is 9.98. The average molecular weight is 272 g/mol. The van der Waals surface area contributed by atoms with Gasteiger partial charge in [0.15, 0.2) is 0 Å². The third kappa shape index (κ3) is 2.58. The molecule has 1 fully saturated rings. The van der Waals surface area contributed by atoms with E-state index in [2.05, 4.69) is 4.90 Å². The van der Waals surface area contributed by atoms with E-state index in [1.807, 2.05) is 26.0 Å². The Kier molecular flexibility index (Phi) is 3.64. The lowest BCUT2D eigenvalue weighted by Gasteiger charge is -2.32. The van der Waals surface area contributed by atoms with Crippen LogP contribution in [0.15, 0.2) is 12.1 Å². The van der Waals surface area contributed by atoms with Crippen LogP contribution < -0.4 is 4.90 Å². The molecule has 0 aliphatic carbocycles. The molecule has 1 aliphatic rings. The van der Waals surface area contributed by atoms with Gasteiger partial charge in [0.2, 0.25) is 0 Å². The van der Waals surface area contributed by atoms with Crippen molar-refractivity contribution in [3.8, 4) is 0 Å². The summed E-state index contributed by atoms with van der Waals surface area (Å²) in [5, 5.41) is 1.42. The van der Waals surface area contributed by atoms with Crippen LogP contribution in [0.4, 0.5) is 5.69 Å². The summed E-state index contributed by atoms with van der Waals surface area (Å²) in [6, 6.07) is 3.77. The number of carbonyl (C=O) groups is 1. The van der Waals surface area contributed by atoms with Gasteiger partial charge in [-0.2, -0.15) is 0 Å². The smallest absolute Gasteiger partial charge is 0.139 e. The van der Waals surface area contributed by atoms with Gasteiger partial charge in [-0.15, -0.1) is 0 Å². The molecule has 4 heteroatoms. The Balaban J connectivity index is 2.29. The second-order valence-electron chi connectivity index (χ2n) is 4.62. The molecule has 1 saturated heterocycles. The first-order valence-electron chi connectivity index (χ1n) is 5.72. The summed E-state index contributed by atoms with van der Waals surface area (Å²) in [5.41, 5.74) is 1.91. The van der Waals surface area contributed by atoms with Crippen LogP contribution in [0.3, 0.4) is 0 Å². The molecule has 0 spiro atoms. The average Bonchev–Trinajstić information content (AvgIpc) is 2.27. The van der Waals surface area contributed by atoms with Crippen LogP contribution in [-0.2, 0) is 4.79 Å². The number of rotatable bonds is 1. The first kappa shape index (κ1) is 12.7. The lowest BCUT2D eigenvalue weighted by molar-refractivity contribution is -0.122. The fraction of sp³-hybridized carbons (Fsp3) is 0.462. The molecule has 0 aromatic heterocycles. The number of ketones is 1. The monoisotopic (exact) mass is 271 g/mol. The van der Waals surface area contributed by atoms with E-state index in [0.717, 1.165) is 24.3 Å². The summed E-state index contributed by atoms with van der Waals surface area (Å²) in [6.07, 6.45) is 0.586. The van der Waals surface area contributed by atoms with Crippen molar-refractivity contribution in [2.24, 2.45) is 5.92 Å². The van der Waals surface area contributed by atoms with Crippen LogP contribution in [0.2, 0.25) is 10.0 Å². The predicted molar refractivity (Wildman–Crippen MR) is 72.2 cm³/mol. The molecule has 1 atom stereocenters. The number of nitrogens with zero attached hydrogens (tertiary/aromatic N) is 1. The van der Waals surface area contributed by atoms with Crippen molar-refractivity contribution in [3.05, 3.63) is 27.7 Å². The summed E-state index contributed by atoms with van der Waals surface area (Å²) in [5.74, 6) is 0.399. The molecule has 1 aromatic rings. The molecule has 1 aromatic carbocycles. The van der Waals surface area contributed by atoms with Crippen LogP contribution in [0.1, 0.15) is 18.9 Å². The second kappa shape index (κ2) is 4.87. The summed E-state index contributed by atoms with van der Waals surface area (Å²) < 4.78 is 0. The number of hydrogen-bond acceptors (Lipinski definition) is 2. The molecule has 0 amide bonds. The number of Topliss-reactive ketones (excluding diaryl/α,β-unsaturated/α-hetero) is 1. The molecule has 1 unspecified atom stereocenters. The molecule has 2 rings (SSSR count). The van der Waals surface area contributed by atoms with Gasteiger partial charge in [0.1, 0.15) is 5.78 Å². The topological polar surface area (TPSA) is 20.3 Å². The normalized spacial score (nSPS) is 20.8. The Morgan fingerprint density at radius 2 is 2.00 bits per heavy atom. The highest BCUT2D eigenvalue weighted by atomic mass is 35.5. The minimum atomic E-state index is 0.0693. The minimum absolute atomic E-state index is 0.0693. The van der Waals surface area contributed by atoms with Gasteiger partial charge in [-0.1, -0.05) is 30.1 Å². The van der Waals surface area contributed by atoms with E-state index in [9.17, 15) is 4.79 Å². The maximum atomic E-state index is 11.5. The minimum Gasteiger partial charge on any atom is -0.369 e. The van der Waals surface area contributed by atoms with Crippen LogP contribution in [0.5, 0.6) is 0 Å². The van der Waals surface area contributed by atoms with E-state index in [0.29, 0.717) is 22.2 Å². The highest BCUT2D eigenvalue weighted by Crippen LogP contribution is 2.33. The number of halogens is 2. The highest BCUT2D eigenvalue weighted by Gasteiger charge is 2.25. The van der Waals surface area contributed by atoms with Crippen molar-refractivity contribution >= 4 is 34.7 Å². The van der Waals surface area contributed by atoms with E-state index in [1.54, 1.807) is 0 Å². The van der Waals surface area contributed by atoms with Crippen molar-refractivity contribution in [2.75, 3.05) is 18.0 Å². The zero-order valence-corrected chi connectivity index (χ0v) is 11.5. The molecule has 0 saturated carbocycles. The first-order valence-corrected chi connectivity index (χ1v) is 6.48. The van der Waals surface area contributed by atoms with E-state index >= 15 is 0 Å². The Bertz CT molecular complexity index is 459. The lowest BCUT2D eigenvalue weighted by Crippen LogP contribution is -2.39. The van der Waals surface area contributed by atoms with E-state index in [1.165, 1.54) is 0 Å². The Labute approximate surface area is 112 Å². The van der Waals surface area contributed by atoms with Crippen molar-refractivity contribution in [1.29, 1.82) is 0 Å². The van der Waals surface area contributed by atoms with Gasteiger partial charge in [0.05, 0.1) is 10.7 Å². The van der Waals surface area contributed by atoms with Crippen molar-refractivity contribution in [2.45, 2.75) is 20.3 Å². The van der Waals surface area contributed by atoms with Crippen molar-refractivity contribution < 1.29 is 4.79 Å². The quantitative estimate of drug-likeness (QED) is 0.776. The number of anilines is 1. The zero-order chi connectivity index (χ0) is 12.6. The van der Waals surface area contributed by atoms with E-state index in [4.69, 9.17) is 23.2 Å². The molecular weight excluding hydrogens is 257 g/mol. The molecule has 92 valence electrons. The number of aryl methyl sites for hydroxylation is 1. The first-order chi connectivity index (χ1) is 7.99. The van der Waals surface area contributed by atoms with Gasteiger partial charge >= 0.3 is 0 Å². The predicted octanol–water partition coefficient (Wildman–Crippen LogP) is 3.72. The fourth-order valence-electron chi connectivity index (χ4n) is 2.11. The third-order valence-corrected chi connectivity index (χ3v) is 3.95. The number of carbonyl (C=O) groups excluding carboxylic acids is 1. The molecule has 0 bridgehead atoms. The maximum Gasteiger partial charge on any atom is 0.139 e. The zero-order valence-electron chi connectivity index (χ0n) is 9.96. The Morgan fingerprint density at radius 3 is 2.65 bits per heavy atom. The standard InChI is InChI=1S/C13H15Cl2NO/c1-8-5-11(15)12(6-10(8)14)16-4-3-13(17)9(2)7-16/h5-6,9H,3-4,7H2,1-2H3. The molecule has 2 nitrogen and oxygen atoms in total. The van der Waals surface area contributed by atoms with Crippen LogP contribution in [0.25, 0.3) is 0 Å². The summed E-state index contributed by atoms with van der Waals surface area (Å²) in [6.45, 7) is 5.33. The summed E-state index contributed by atoms with van der Waals surface area (Å²) >= 11 is 12.4. The van der Waals surface area contributed by atoms with Gasteiger partial charge in [0, 0.05) is 30.5 Å². The van der Waals surface area contributed by atoms with Gasteiger partial charge < -0.3 is 4.90 Å². The fourth-order valence-corrected chi connectivity index (χ4v) is 2.61. The van der Waals surface area contributed by atoms with Crippen LogP contribution >= 0.6 is 23.2 Å². The third-order valence-electron chi connectivity index (χ3n) is 3.24.